The summed E-state index contributed by atoms with van der Waals surface area (Å²) in [5.41, 5.74) is 6.12. The Morgan fingerprint density at radius 3 is 2.46 bits per heavy atom. The van der Waals surface area contributed by atoms with Gasteiger partial charge in [-0.2, -0.15) is 0 Å². The molecule has 138 valence electrons. The smallest absolute Gasteiger partial charge is 0.308 e. The molecule has 6 nitrogen and oxygen atoms in total. The third-order valence-electron chi connectivity index (χ3n) is 3.10. The Labute approximate surface area is 154 Å². The van der Waals surface area contributed by atoms with E-state index in [0.29, 0.717) is 5.75 Å². The highest BCUT2D eigenvalue weighted by molar-refractivity contribution is 5.92. The van der Waals surface area contributed by atoms with Gasteiger partial charge in [0, 0.05) is 11.8 Å². The van der Waals surface area contributed by atoms with Crippen LogP contribution in [0.2, 0.25) is 0 Å². The third-order valence-corrected chi connectivity index (χ3v) is 3.10. The summed E-state index contributed by atoms with van der Waals surface area (Å²) in [4.78, 5) is 15.8. The van der Waals surface area contributed by atoms with E-state index in [-0.39, 0.29) is 24.9 Å². The fourth-order valence-corrected chi connectivity index (χ4v) is 2.11. The molecule has 0 aliphatic carbocycles. The van der Waals surface area contributed by atoms with E-state index < -0.39 is 5.60 Å². The summed E-state index contributed by atoms with van der Waals surface area (Å²) in [6.45, 7) is 5.74. The number of benzene rings is 2. The number of nitrogens with one attached hydrogen (secondary N) is 1. The fourth-order valence-electron chi connectivity index (χ4n) is 2.11. The standard InChI is InChI=1S/C20H25N3O3/c1-20(2,3)26-18(24)12-13-22-19(21)23-15-8-7-11-17(14-15)25-16-9-5-4-6-10-16/h4-11,14H,12-13H2,1-3H3,(H3,21,22,23). The second kappa shape index (κ2) is 8.89. The molecule has 0 aliphatic rings. The molecule has 3 N–H and O–H groups in total. The molecule has 0 aromatic heterocycles. The van der Waals surface area contributed by atoms with Crippen LogP contribution in [-0.2, 0) is 9.53 Å². The van der Waals surface area contributed by atoms with Crippen molar-refractivity contribution < 1.29 is 14.3 Å². The number of hydrogen-bond acceptors (Lipinski definition) is 4. The number of anilines is 1. The lowest BCUT2D eigenvalue weighted by Gasteiger charge is -2.19. The minimum Gasteiger partial charge on any atom is -0.460 e. The summed E-state index contributed by atoms with van der Waals surface area (Å²) in [6, 6.07) is 16.9. The Balaban J connectivity index is 1.87. The van der Waals surface area contributed by atoms with Crippen molar-refractivity contribution in [3.63, 3.8) is 0 Å². The Bertz CT molecular complexity index is 752. The summed E-state index contributed by atoms with van der Waals surface area (Å²) >= 11 is 0. The van der Waals surface area contributed by atoms with Gasteiger partial charge in [-0.15, -0.1) is 0 Å². The number of nitrogens with zero attached hydrogens (tertiary/aromatic N) is 1. The van der Waals surface area contributed by atoms with E-state index >= 15 is 0 Å². The van der Waals surface area contributed by atoms with Gasteiger partial charge in [0.15, 0.2) is 5.96 Å². The number of carbonyl (C=O) groups excluding carboxylic acids is 1. The van der Waals surface area contributed by atoms with E-state index in [1.54, 1.807) is 0 Å². The fraction of sp³-hybridized carbons (Fsp3) is 0.300. The highest BCUT2D eigenvalue weighted by Gasteiger charge is 2.15. The summed E-state index contributed by atoms with van der Waals surface area (Å²) in [5, 5.41) is 2.99. The highest BCUT2D eigenvalue weighted by atomic mass is 16.6. The summed E-state index contributed by atoms with van der Waals surface area (Å²) in [7, 11) is 0. The number of esters is 1. The van der Waals surface area contributed by atoms with E-state index in [4.69, 9.17) is 15.2 Å². The van der Waals surface area contributed by atoms with Gasteiger partial charge in [0.2, 0.25) is 0 Å². The number of rotatable bonds is 6. The number of aliphatic imine (C=N–C) groups is 1. The highest BCUT2D eigenvalue weighted by Crippen LogP contribution is 2.23. The summed E-state index contributed by atoms with van der Waals surface area (Å²) in [5.74, 6) is 1.36. The van der Waals surface area contributed by atoms with Crippen LogP contribution in [0, 0.1) is 0 Å². The monoisotopic (exact) mass is 355 g/mol. The molecule has 0 spiro atoms. The SMILES string of the molecule is CC(C)(C)OC(=O)CCN=C(N)Nc1cccc(Oc2ccccc2)c1. The van der Waals surface area contributed by atoms with Gasteiger partial charge in [-0.3, -0.25) is 9.79 Å². The maximum atomic E-state index is 11.6. The Morgan fingerprint density at radius 2 is 1.77 bits per heavy atom. The average Bonchev–Trinajstić information content (AvgIpc) is 2.54. The molecule has 2 rings (SSSR count). The summed E-state index contributed by atoms with van der Waals surface area (Å²) < 4.78 is 11.0. The molecule has 0 fully saturated rings. The first-order valence-electron chi connectivity index (χ1n) is 8.43. The molecule has 0 atom stereocenters. The largest absolute Gasteiger partial charge is 0.460 e. The molecule has 0 bridgehead atoms. The number of hydrogen-bond donors (Lipinski definition) is 2. The normalized spacial score (nSPS) is 11.7. The first-order valence-corrected chi connectivity index (χ1v) is 8.43. The molecule has 6 heteroatoms. The minimum absolute atomic E-state index is 0.177. The Morgan fingerprint density at radius 1 is 1.08 bits per heavy atom. The zero-order valence-electron chi connectivity index (χ0n) is 15.4. The number of nitrogens with two attached hydrogens (primary N) is 1. The van der Waals surface area contributed by atoms with Gasteiger partial charge in [0.05, 0.1) is 13.0 Å². The quantitative estimate of drug-likeness (QED) is 0.466. The second-order valence-electron chi connectivity index (χ2n) is 6.67. The maximum absolute atomic E-state index is 11.6. The van der Waals surface area contributed by atoms with Crippen molar-refractivity contribution in [1.29, 1.82) is 0 Å². The predicted octanol–water partition coefficient (Wildman–Crippen LogP) is 3.94. The zero-order valence-corrected chi connectivity index (χ0v) is 15.4. The topological polar surface area (TPSA) is 85.9 Å². The first kappa shape index (κ1) is 19.3. The number of carbonyl (C=O) groups is 1. The molecule has 0 amide bonds. The lowest BCUT2D eigenvalue weighted by Crippen LogP contribution is -2.25. The van der Waals surface area contributed by atoms with Gasteiger partial charge >= 0.3 is 5.97 Å². The van der Waals surface area contributed by atoms with Crippen LogP contribution in [-0.4, -0.2) is 24.1 Å². The molecule has 26 heavy (non-hydrogen) atoms. The average molecular weight is 355 g/mol. The molecular weight excluding hydrogens is 330 g/mol. The van der Waals surface area contributed by atoms with Gasteiger partial charge in [-0.25, -0.2) is 0 Å². The van der Waals surface area contributed by atoms with E-state index in [2.05, 4.69) is 10.3 Å². The molecular formula is C20H25N3O3. The van der Waals surface area contributed by atoms with E-state index in [0.717, 1.165) is 11.4 Å². The molecule has 2 aromatic rings. The van der Waals surface area contributed by atoms with Crippen molar-refractivity contribution in [2.45, 2.75) is 32.8 Å². The van der Waals surface area contributed by atoms with Crippen LogP contribution < -0.4 is 15.8 Å². The van der Waals surface area contributed by atoms with Crippen molar-refractivity contribution in [3.8, 4) is 11.5 Å². The molecule has 0 radical (unpaired) electrons. The lowest BCUT2D eigenvalue weighted by molar-refractivity contribution is -0.154. The van der Waals surface area contributed by atoms with Crippen molar-refractivity contribution in [2.75, 3.05) is 11.9 Å². The molecule has 0 aliphatic heterocycles. The molecule has 0 heterocycles. The number of guanidine groups is 1. The lowest BCUT2D eigenvalue weighted by atomic mass is 10.2. The van der Waals surface area contributed by atoms with Crippen LogP contribution >= 0.6 is 0 Å². The Kier molecular flexibility index (Phi) is 6.60. The van der Waals surface area contributed by atoms with E-state index in [1.165, 1.54) is 0 Å². The number of ether oxygens (including phenoxy) is 2. The predicted molar refractivity (Wildman–Crippen MR) is 104 cm³/mol. The molecule has 0 saturated carbocycles. The van der Waals surface area contributed by atoms with Gasteiger partial charge in [0.1, 0.15) is 17.1 Å². The maximum Gasteiger partial charge on any atom is 0.308 e. The van der Waals surface area contributed by atoms with Crippen LogP contribution in [0.15, 0.2) is 59.6 Å². The van der Waals surface area contributed by atoms with Crippen molar-refractivity contribution in [1.82, 2.24) is 0 Å². The van der Waals surface area contributed by atoms with Crippen LogP contribution in [0.25, 0.3) is 0 Å². The zero-order chi connectivity index (χ0) is 19.0. The minimum atomic E-state index is -0.496. The van der Waals surface area contributed by atoms with Crippen molar-refractivity contribution in [3.05, 3.63) is 54.6 Å². The van der Waals surface area contributed by atoms with E-state index in [9.17, 15) is 4.79 Å². The van der Waals surface area contributed by atoms with Gasteiger partial charge < -0.3 is 20.5 Å². The third kappa shape index (κ3) is 7.25. The molecule has 0 unspecified atom stereocenters. The van der Waals surface area contributed by atoms with Crippen LogP contribution in [0.5, 0.6) is 11.5 Å². The second-order valence-corrected chi connectivity index (χ2v) is 6.67. The van der Waals surface area contributed by atoms with Gasteiger partial charge in [0.25, 0.3) is 0 Å². The number of para-hydroxylation sites is 1. The van der Waals surface area contributed by atoms with Crippen molar-refractivity contribution in [2.24, 2.45) is 10.7 Å². The van der Waals surface area contributed by atoms with Crippen LogP contribution in [0.3, 0.4) is 0 Å². The van der Waals surface area contributed by atoms with Gasteiger partial charge in [-0.1, -0.05) is 24.3 Å². The van der Waals surface area contributed by atoms with Gasteiger partial charge in [-0.05, 0) is 45.0 Å². The molecule has 2 aromatic carbocycles. The Hall–Kier alpha value is -3.02. The van der Waals surface area contributed by atoms with Crippen LogP contribution in [0.1, 0.15) is 27.2 Å². The van der Waals surface area contributed by atoms with E-state index in [1.807, 2.05) is 75.4 Å². The van der Waals surface area contributed by atoms with Crippen LogP contribution in [0.4, 0.5) is 5.69 Å². The molecule has 0 saturated heterocycles. The summed E-state index contributed by atoms with van der Waals surface area (Å²) in [6.07, 6.45) is 0.177. The van der Waals surface area contributed by atoms with Crippen molar-refractivity contribution >= 4 is 17.6 Å². The first-order chi connectivity index (χ1) is 12.3.